The van der Waals surface area contributed by atoms with E-state index in [1.807, 2.05) is 0 Å². The quantitative estimate of drug-likeness (QED) is 0.420. The van der Waals surface area contributed by atoms with Crippen molar-refractivity contribution in [1.82, 2.24) is 0 Å². The molecule has 1 aromatic rings. The van der Waals surface area contributed by atoms with Crippen LogP contribution >= 0.6 is 0 Å². The number of unbranched alkanes of at least 4 members (excludes halogenated alkanes) is 2. The number of benzene rings is 1. The van der Waals surface area contributed by atoms with Gasteiger partial charge in [0.1, 0.15) is 0 Å². The maximum absolute atomic E-state index is 2.46. The molecule has 0 heterocycles. The zero-order valence-corrected chi connectivity index (χ0v) is 16.3. The summed E-state index contributed by atoms with van der Waals surface area (Å²) in [7, 11) is 0. The van der Waals surface area contributed by atoms with E-state index < -0.39 is 0 Å². The summed E-state index contributed by atoms with van der Waals surface area (Å²) in [4.78, 5) is 0. The van der Waals surface area contributed by atoms with E-state index in [1.54, 1.807) is 11.1 Å². The standard InChI is InChI=1S/C23H38/c1-19-11-10-13-20(12-6-8-15-22(2,3)4)21(19)14-7-9-16-23(5)17-18-23/h10-11,13H,6-9,12,14-18H2,1-5H3. The zero-order valence-electron chi connectivity index (χ0n) is 16.3. The van der Waals surface area contributed by atoms with Gasteiger partial charge in [-0.25, -0.2) is 0 Å². The summed E-state index contributed by atoms with van der Waals surface area (Å²) in [6.07, 6.45) is 13.8. The normalized spacial score (nSPS) is 16.6. The van der Waals surface area contributed by atoms with E-state index >= 15 is 0 Å². The number of hydrogen-bond donors (Lipinski definition) is 0. The first-order valence-electron chi connectivity index (χ1n) is 9.87. The fourth-order valence-electron chi connectivity index (χ4n) is 3.64. The van der Waals surface area contributed by atoms with Gasteiger partial charge in [-0.15, -0.1) is 0 Å². The second-order valence-corrected chi connectivity index (χ2v) is 9.50. The van der Waals surface area contributed by atoms with E-state index in [9.17, 15) is 0 Å². The predicted octanol–water partition coefficient (Wildman–Crippen LogP) is 7.27. The van der Waals surface area contributed by atoms with Gasteiger partial charge < -0.3 is 0 Å². The summed E-state index contributed by atoms with van der Waals surface area (Å²) in [6.45, 7) is 11.8. The lowest BCUT2D eigenvalue weighted by molar-refractivity contribution is 0.360. The van der Waals surface area contributed by atoms with Crippen LogP contribution in [0.1, 0.15) is 95.8 Å². The van der Waals surface area contributed by atoms with Gasteiger partial charge in [0.15, 0.2) is 0 Å². The molecule has 0 radical (unpaired) electrons. The highest BCUT2D eigenvalue weighted by Crippen LogP contribution is 2.49. The smallest absolute Gasteiger partial charge is 0.0274 e. The lowest BCUT2D eigenvalue weighted by Gasteiger charge is -2.18. The van der Waals surface area contributed by atoms with Crippen LogP contribution in [0, 0.1) is 17.8 Å². The molecule has 1 aliphatic rings. The van der Waals surface area contributed by atoms with E-state index in [4.69, 9.17) is 0 Å². The fraction of sp³-hybridized carbons (Fsp3) is 0.739. The van der Waals surface area contributed by atoms with Crippen LogP contribution in [0.4, 0.5) is 0 Å². The molecule has 0 spiro atoms. The van der Waals surface area contributed by atoms with Crippen molar-refractivity contribution < 1.29 is 0 Å². The maximum Gasteiger partial charge on any atom is -0.0274 e. The van der Waals surface area contributed by atoms with Crippen LogP contribution in [-0.4, -0.2) is 0 Å². The van der Waals surface area contributed by atoms with Crippen LogP contribution in [0.2, 0.25) is 0 Å². The summed E-state index contributed by atoms with van der Waals surface area (Å²) in [6, 6.07) is 6.93. The van der Waals surface area contributed by atoms with Gasteiger partial charge in [-0.1, -0.05) is 58.7 Å². The average Bonchev–Trinajstić information content (AvgIpc) is 3.19. The van der Waals surface area contributed by atoms with Crippen LogP contribution in [0.5, 0.6) is 0 Å². The van der Waals surface area contributed by atoms with Gasteiger partial charge in [-0.3, -0.25) is 0 Å². The van der Waals surface area contributed by atoms with E-state index in [2.05, 4.69) is 52.8 Å². The Labute approximate surface area is 145 Å². The minimum absolute atomic E-state index is 0.481. The Balaban J connectivity index is 1.80. The molecule has 1 aromatic carbocycles. The summed E-state index contributed by atoms with van der Waals surface area (Å²) >= 11 is 0. The minimum atomic E-state index is 0.481. The highest BCUT2D eigenvalue weighted by atomic mass is 14.4. The van der Waals surface area contributed by atoms with Gasteiger partial charge in [-0.2, -0.15) is 0 Å². The summed E-state index contributed by atoms with van der Waals surface area (Å²) in [5, 5.41) is 0. The topological polar surface area (TPSA) is 0 Å². The molecule has 1 saturated carbocycles. The highest BCUT2D eigenvalue weighted by Gasteiger charge is 2.35. The van der Waals surface area contributed by atoms with Crippen molar-refractivity contribution >= 4 is 0 Å². The minimum Gasteiger partial charge on any atom is -0.0617 e. The monoisotopic (exact) mass is 314 g/mol. The molecule has 2 rings (SSSR count). The van der Waals surface area contributed by atoms with E-state index in [1.165, 1.54) is 69.8 Å². The fourth-order valence-corrected chi connectivity index (χ4v) is 3.64. The molecule has 0 N–H and O–H groups in total. The largest absolute Gasteiger partial charge is 0.0617 e. The van der Waals surface area contributed by atoms with Gasteiger partial charge in [0.2, 0.25) is 0 Å². The second-order valence-electron chi connectivity index (χ2n) is 9.50. The number of rotatable bonds is 9. The van der Waals surface area contributed by atoms with Crippen LogP contribution in [0.3, 0.4) is 0 Å². The average molecular weight is 315 g/mol. The Hall–Kier alpha value is -0.780. The lowest BCUT2D eigenvalue weighted by atomic mass is 9.88. The van der Waals surface area contributed by atoms with Gasteiger partial charge >= 0.3 is 0 Å². The van der Waals surface area contributed by atoms with Gasteiger partial charge in [0.25, 0.3) is 0 Å². The molecule has 0 aromatic heterocycles. The molecular weight excluding hydrogens is 276 g/mol. The van der Waals surface area contributed by atoms with E-state index in [-0.39, 0.29) is 0 Å². The molecule has 0 bridgehead atoms. The SMILES string of the molecule is Cc1cccc(CCCCC(C)(C)C)c1CCCCC1(C)CC1. The molecule has 0 unspecified atom stereocenters. The molecule has 1 fully saturated rings. The number of aryl methyl sites for hydroxylation is 2. The highest BCUT2D eigenvalue weighted by molar-refractivity contribution is 5.34. The molecule has 1 aliphatic carbocycles. The maximum atomic E-state index is 2.46. The summed E-state index contributed by atoms with van der Waals surface area (Å²) in [5.74, 6) is 0. The lowest BCUT2D eigenvalue weighted by Crippen LogP contribution is -2.05. The Kier molecular flexibility index (Phi) is 6.34. The first kappa shape index (κ1) is 18.6. The van der Waals surface area contributed by atoms with Crippen molar-refractivity contribution in [2.24, 2.45) is 10.8 Å². The Bertz CT molecular complexity index is 485. The Morgan fingerprint density at radius 2 is 1.65 bits per heavy atom. The van der Waals surface area contributed by atoms with Crippen molar-refractivity contribution in [2.75, 3.05) is 0 Å². The summed E-state index contributed by atoms with van der Waals surface area (Å²) < 4.78 is 0. The van der Waals surface area contributed by atoms with Crippen molar-refractivity contribution in [3.05, 3.63) is 34.9 Å². The van der Waals surface area contributed by atoms with Gasteiger partial charge in [-0.05, 0) is 85.8 Å². The third-order valence-corrected chi connectivity index (χ3v) is 5.69. The van der Waals surface area contributed by atoms with Gasteiger partial charge in [0, 0.05) is 0 Å². The van der Waals surface area contributed by atoms with E-state index in [0.717, 1.165) is 5.41 Å². The van der Waals surface area contributed by atoms with Crippen LogP contribution < -0.4 is 0 Å². The first-order chi connectivity index (χ1) is 10.8. The first-order valence-corrected chi connectivity index (χ1v) is 9.87. The summed E-state index contributed by atoms with van der Waals surface area (Å²) in [5.41, 5.74) is 5.99. The molecule has 0 amide bonds. The zero-order chi connectivity index (χ0) is 16.9. The van der Waals surface area contributed by atoms with Gasteiger partial charge in [0.05, 0.1) is 0 Å². The molecule has 0 saturated heterocycles. The molecule has 0 aliphatic heterocycles. The third kappa shape index (κ3) is 6.69. The van der Waals surface area contributed by atoms with E-state index in [0.29, 0.717) is 5.41 Å². The van der Waals surface area contributed by atoms with Crippen LogP contribution in [-0.2, 0) is 12.8 Å². The Morgan fingerprint density at radius 1 is 0.957 bits per heavy atom. The Morgan fingerprint density at radius 3 is 2.30 bits per heavy atom. The van der Waals surface area contributed by atoms with Crippen LogP contribution in [0.25, 0.3) is 0 Å². The molecule has 0 nitrogen and oxygen atoms in total. The predicted molar refractivity (Wildman–Crippen MR) is 103 cm³/mol. The molecule has 0 heteroatoms. The van der Waals surface area contributed by atoms with Crippen molar-refractivity contribution in [2.45, 2.75) is 98.8 Å². The molecule has 0 atom stereocenters. The molecular formula is C23H38. The molecule has 130 valence electrons. The van der Waals surface area contributed by atoms with Crippen LogP contribution in [0.15, 0.2) is 18.2 Å². The van der Waals surface area contributed by atoms with Crippen molar-refractivity contribution in [1.29, 1.82) is 0 Å². The molecule has 23 heavy (non-hydrogen) atoms. The second kappa shape index (κ2) is 7.86. The third-order valence-electron chi connectivity index (χ3n) is 5.69. The number of hydrogen-bond acceptors (Lipinski definition) is 0. The van der Waals surface area contributed by atoms with Crippen molar-refractivity contribution in [3.8, 4) is 0 Å². The van der Waals surface area contributed by atoms with Crippen molar-refractivity contribution in [3.63, 3.8) is 0 Å².